The molecule has 0 bridgehead atoms. The van der Waals surface area contributed by atoms with E-state index >= 15 is 0 Å². The van der Waals surface area contributed by atoms with Gasteiger partial charge in [-0.25, -0.2) is 8.42 Å². The molecule has 0 aliphatic heterocycles. The molecule has 2 rings (SSSR count). The van der Waals surface area contributed by atoms with Crippen molar-refractivity contribution in [2.75, 3.05) is 4.72 Å². The van der Waals surface area contributed by atoms with E-state index < -0.39 is 20.7 Å². The van der Waals surface area contributed by atoms with Gasteiger partial charge in [0.15, 0.2) is 5.75 Å². The summed E-state index contributed by atoms with van der Waals surface area (Å²) in [5.74, 6) is -0.598. The van der Waals surface area contributed by atoms with E-state index in [0.29, 0.717) is 5.02 Å². The number of aromatic hydroxyl groups is 1. The monoisotopic (exact) mass is 385 g/mol. The molecule has 4 nitrogen and oxygen atoms in total. The molecule has 0 aliphatic carbocycles. The summed E-state index contributed by atoms with van der Waals surface area (Å²) in [6.07, 6.45) is 0. The van der Waals surface area contributed by atoms with Gasteiger partial charge in [0, 0.05) is 10.0 Å². The molecule has 2 aromatic carbocycles. The van der Waals surface area contributed by atoms with Crippen LogP contribution in [0.5, 0.6) is 5.75 Å². The smallest absolute Gasteiger partial charge is 0.265 e. The van der Waals surface area contributed by atoms with Crippen molar-refractivity contribution < 1.29 is 13.5 Å². The van der Waals surface area contributed by atoms with Gasteiger partial charge >= 0.3 is 0 Å². The normalized spacial score (nSPS) is 11.4. The zero-order valence-electron chi connectivity index (χ0n) is 10.1. The number of sulfonamides is 1. The van der Waals surface area contributed by atoms with Crippen molar-refractivity contribution in [2.24, 2.45) is 0 Å². The maximum Gasteiger partial charge on any atom is 0.265 e. The Kier molecular flexibility index (Phi) is 4.80. The second kappa shape index (κ2) is 6.10. The molecule has 0 radical (unpaired) electrons. The van der Waals surface area contributed by atoms with E-state index in [4.69, 9.17) is 46.4 Å². The van der Waals surface area contributed by atoms with Gasteiger partial charge in [0.05, 0.1) is 15.7 Å². The summed E-state index contributed by atoms with van der Waals surface area (Å²) in [4.78, 5) is -0.453. The largest absolute Gasteiger partial charge is 0.505 e. The maximum atomic E-state index is 12.3. The fraction of sp³-hybridized carbons (Fsp3) is 0. The van der Waals surface area contributed by atoms with E-state index in [1.54, 1.807) is 0 Å². The van der Waals surface area contributed by atoms with Crippen molar-refractivity contribution in [1.29, 1.82) is 0 Å². The van der Waals surface area contributed by atoms with Crippen LogP contribution in [0.4, 0.5) is 5.69 Å². The summed E-state index contributed by atoms with van der Waals surface area (Å²) >= 11 is 23.1. The minimum Gasteiger partial charge on any atom is -0.505 e. The summed E-state index contributed by atoms with van der Waals surface area (Å²) in [6.45, 7) is 0. The van der Waals surface area contributed by atoms with Gasteiger partial charge in [0.2, 0.25) is 0 Å². The van der Waals surface area contributed by atoms with Crippen molar-refractivity contribution >= 4 is 62.1 Å². The van der Waals surface area contributed by atoms with Crippen LogP contribution in [0.25, 0.3) is 0 Å². The van der Waals surface area contributed by atoms with Gasteiger partial charge in [0.25, 0.3) is 10.0 Å². The van der Waals surface area contributed by atoms with Gasteiger partial charge in [-0.05, 0) is 30.3 Å². The lowest BCUT2D eigenvalue weighted by atomic mass is 10.3. The van der Waals surface area contributed by atoms with E-state index in [1.165, 1.54) is 24.3 Å². The van der Waals surface area contributed by atoms with E-state index in [1.807, 2.05) is 0 Å². The Labute approximate surface area is 141 Å². The summed E-state index contributed by atoms with van der Waals surface area (Å²) in [5, 5.41) is 10.1. The molecule has 0 saturated carbocycles. The lowest BCUT2D eigenvalue weighted by Gasteiger charge is -2.12. The number of halogens is 4. The van der Waals surface area contributed by atoms with Gasteiger partial charge in [-0.15, -0.1) is 0 Å². The quantitative estimate of drug-likeness (QED) is 0.795. The summed E-state index contributed by atoms with van der Waals surface area (Å²) in [6, 6.07) is 6.55. The van der Waals surface area contributed by atoms with Gasteiger partial charge in [-0.3, -0.25) is 4.72 Å². The van der Waals surface area contributed by atoms with Crippen LogP contribution in [0, 0.1) is 0 Å². The molecule has 0 aromatic heterocycles. The van der Waals surface area contributed by atoms with Crippen LogP contribution in [0.2, 0.25) is 20.1 Å². The van der Waals surface area contributed by atoms with Crippen molar-refractivity contribution in [3.63, 3.8) is 0 Å². The molecule has 0 spiro atoms. The Balaban J connectivity index is 2.48. The average molecular weight is 387 g/mol. The molecule has 0 amide bonds. The minimum absolute atomic E-state index is 0.0698. The van der Waals surface area contributed by atoms with Crippen LogP contribution in [0.15, 0.2) is 35.2 Å². The first-order valence-electron chi connectivity index (χ1n) is 5.36. The number of hydrogen-bond acceptors (Lipinski definition) is 3. The number of benzene rings is 2. The molecular formula is C12H7Cl4NO3S. The second-order valence-corrected chi connectivity index (χ2v) is 7.30. The molecule has 0 saturated heterocycles. The van der Waals surface area contributed by atoms with Crippen molar-refractivity contribution in [1.82, 2.24) is 0 Å². The molecule has 0 aliphatic rings. The SMILES string of the molecule is O=S(=O)(Nc1ccc(Cl)cc1Cl)c1cc(Cl)cc(Cl)c1O. The molecular weight excluding hydrogens is 380 g/mol. The Hall–Kier alpha value is -0.850. The first kappa shape index (κ1) is 16.5. The predicted octanol–water partition coefficient (Wildman–Crippen LogP) is 4.81. The third-order valence-electron chi connectivity index (χ3n) is 2.46. The molecule has 0 unspecified atom stereocenters. The number of phenols is 1. The van der Waals surface area contributed by atoms with Crippen LogP contribution < -0.4 is 4.72 Å². The maximum absolute atomic E-state index is 12.3. The molecule has 0 heterocycles. The molecule has 112 valence electrons. The highest BCUT2D eigenvalue weighted by molar-refractivity contribution is 7.92. The van der Waals surface area contributed by atoms with Crippen LogP contribution in [0.1, 0.15) is 0 Å². The Morgan fingerprint density at radius 1 is 0.905 bits per heavy atom. The molecule has 0 fully saturated rings. The number of rotatable bonds is 3. The van der Waals surface area contributed by atoms with Crippen LogP contribution in [0.3, 0.4) is 0 Å². The first-order chi connectivity index (χ1) is 9.70. The van der Waals surface area contributed by atoms with E-state index in [9.17, 15) is 13.5 Å². The Morgan fingerprint density at radius 3 is 2.14 bits per heavy atom. The average Bonchev–Trinajstić information content (AvgIpc) is 2.37. The topological polar surface area (TPSA) is 66.4 Å². The second-order valence-electron chi connectivity index (χ2n) is 3.96. The van der Waals surface area contributed by atoms with Crippen molar-refractivity contribution in [3.8, 4) is 5.75 Å². The highest BCUT2D eigenvalue weighted by atomic mass is 35.5. The predicted molar refractivity (Wildman–Crippen MR) is 85.4 cm³/mol. The van der Waals surface area contributed by atoms with Gasteiger partial charge in [-0.2, -0.15) is 0 Å². The number of nitrogens with one attached hydrogen (secondary N) is 1. The third-order valence-corrected chi connectivity index (χ3v) is 4.89. The third kappa shape index (κ3) is 3.67. The molecule has 2 N–H and O–H groups in total. The molecule has 0 atom stereocenters. The van der Waals surface area contributed by atoms with Gasteiger partial charge < -0.3 is 5.11 Å². The van der Waals surface area contributed by atoms with E-state index in [-0.39, 0.29) is 20.8 Å². The van der Waals surface area contributed by atoms with Crippen LogP contribution in [-0.4, -0.2) is 13.5 Å². The lowest BCUT2D eigenvalue weighted by molar-refractivity contribution is 0.459. The first-order valence-corrected chi connectivity index (χ1v) is 8.36. The Bertz CT molecular complexity index is 808. The Morgan fingerprint density at radius 2 is 1.52 bits per heavy atom. The summed E-state index contributed by atoms with van der Waals surface area (Å²) < 4.78 is 26.8. The van der Waals surface area contributed by atoms with E-state index in [2.05, 4.69) is 4.72 Å². The zero-order chi connectivity index (χ0) is 15.8. The fourth-order valence-electron chi connectivity index (χ4n) is 1.52. The van der Waals surface area contributed by atoms with Crippen molar-refractivity contribution in [2.45, 2.75) is 4.90 Å². The van der Waals surface area contributed by atoms with Crippen LogP contribution in [-0.2, 0) is 10.0 Å². The summed E-state index contributed by atoms with van der Waals surface area (Å²) in [7, 11) is -4.12. The summed E-state index contributed by atoms with van der Waals surface area (Å²) in [5.41, 5.74) is 0.108. The van der Waals surface area contributed by atoms with Gasteiger partial charge in [-0.1, -0.05) is 46.4 Å². The number of hydrogen-bond donors (Lipinski definition) is 2. The van der Waals surface area contributed by atoms with E-state index in [0.717, 1.165) is 6.07 Å². The highest BCUT2D eigenvalue weighted by Crippen LogP contribution is 2.36. The van der Waals surface area contributed by atoms with Gasteiger partial charge in [0.1, 0.15) is 4.90 Å². The number of phenolic OH excluding ortho intramolecular Hbond substituents is 1. The number of anilines is 1. The molecule has 2 aromatic rings. The molecule has 9 heteroatoms. The van der Waals surface area contributed by atoms with Crippen molar-refractivity contribution in [3.05, 3.63) is 50.4 Å². The highest BCUT2D eigenvalue weighted by Gasteiger charge is 2.22. The van der Waals surface area contributed by atoms with Crippen LogP contribution >= 0.6 is 46.4 Å². The molecule has 21 heavy (non-hydrogen) atoms. The standard InChI is InChI=1S/C12H7Cl4NO3S/c13-6-1-2-10(8(15)3-6)17-21(19,20)11-5-7(14)4-9(16)12(11)18/h1-5,17-18H. The lowest BCUT2D eigenvalue weighted by Crippen LogP contribution is -2.13. The zero-order valence-corrected chi connectivity index (χ0v) is 13.9. The fourth-order valence-corrected chi connectivity index (χ4v) is 3.87. The minimum atomic E-state index is -4.12.